The second kappa shape index (κ2) is 11.7. The van der Waals surface area contributed by atoms with E-state index in [-0.39, 0.29) is 12.0 Å². The minimum absolute atomic E-state index is 0.0107. The van der Waals surface area contributed by atoms with Crippen LogP contribution >= 0.6 is 0 Å². The summed E-state index contributed by atoms with van der Waals surface area (Å²) >= 11 is 0. The highest BCUT2D eigenvalue weighted by Gasteiger charge is 2.23. The summed E-state index contributed by atoms with van der Waals surface area (Å²) < 4.78 is 23.3. The molecule has 0 atom stereocenters. The van der Waals surface area contributed by atoms with Crippen LogP contribution < -0.4 is 24.3 Å². The molecular weight excluding hydrogens is 498 g/mol. The fraction of sp³-hybridized carbons (Fsp3) is 0.233. The average molecular weight is 528 g/mol. The first-order chi connectivity index (χ1) is 19.0. The zero-order valence-electron chi connectivity index (χ0n) is 21.8. The van der Waals surface area contributed by atoms with Gasteiger partial charge in [0.2, 0.25) is 5.91 Å². The summed E-state index contributed by atoms with van der Waals surface area (Å²) in [6.07, 6.45) is 2.60. The fourth-order valence-corrected chi connectivity index (χ4v) is 4.41. The van der Waals surface area contributed by atoms with Crippen molar-refractivity contribution in [3.8, 4) is 28.7 Å². The van der Waals surface area contributed by atoms with Gasteiger partial charge < -0.3 is 23.8 Å². The van der Waals surface area contributed by atoms with E-state index < -0.39 is 6.09 Å². The zero-order chi connectivity index (χ0) is 27.2. The lowest BCUT2D eigenvalue weighted by atomic mass is 10.1. The van der Waals surface area contributed by atoms with Gasteiger partial charge >= 0.3 is 6.09 Å². The van der Waals surface area contributed by atoms with Gasteiger partial charge in [0.15, 0.2) is 11.5 Å². The van der Waals surface area contributed by atoms with E-state index in [1.54, 1.807) is 74.8 Å². The van der Waals surface area contributed by atoms with Crippen molar-refractivity contribution in [2.75, 3.05) is 25.5 Å². The van der Waals surface area contributed by atoms with Gasteiger partial charge in [-0.1, -0.05) is 18.2 Å². The number of hydrogen-bond acceptors (Lipinski definition) is 7. The largest absolute Gasteiger partial charge is 0.493 e. The molecule has 0 saturated carbocycles. The molecule has 5 rings (SSSR count). The minimum Gasteiger partial charge on any atom is -0.493 e. The first-order valence-corrected chi connectivity index (χ1v) is 12.7. The van der Waals surface area contributed by atoms with Crippen LogP contribution in [0.25, 0.3) is 10.9 Å². The third-order valence-corrected chi connectivity index (χ3v) is 6.45. The van der Waals surface area contributed by atoms with E-state index in [2.05, 4.69) is 10.3 Å². The summed E-state index contributed by atoms with van der Waals surface area (Å²) in [5.41, 5.74) is 1.27. The number of fused-ring (bicyclic) bond motifs is 1. The van der Waals surface area contributed by atoms with E-state index in [0.717, 1.165) is 18.2 Å². The number of piperidine rings is 1. The Morgan fingerprint density at radius 2 is 1.64 bits per heavy atom. The van der Waals surface area contributed by atoms with Crippen LogP contribution in [-0.2, 0) is 4.79 Å². The van der Waals surface area contributed by atoms with E-state index in [4.69, 9.17) is 18.9 Å². The van der Waals surface area contributed by atoms with Crippen LogP contribution in [0.4, 0.5) is 10.5 Å². The molecule has 0 aliphatic carbocycles. The molecule has 9 nitrogen and oxygen atoms in total. The highest BCUT2D eigenvalue weighted by atomic mass is 16.6. The van der Waals surface area contributed by atoms with Crippen LogP contribution in [0.5, 0.6) is 28.7 Å². The van der Waals surface area contributed by atoms with Crippen molar-refractivity contribution >= 4 is 28.6 Å². The number of nitrogens with zero attached hydrogens (tertiary/aromatic N) is 2. The summed E-state index contributed by atoms with van der Waals surface area (Å²) in [4.78, 5) is 30.1. The third-order valence-electron chi connectivity index (χ3n) is 6.45. The van der Waals surface area contributed by atoms with Gasteiger partial charge in [-0.15, -0.1) is 0 Å². The molecule has 0 bridgehead atoms. The highest BCUT2D eigenvalue weighted by Crippen LogP contribution is 2.38. The van der Waals surface area contributed by atoms with Gasteiger partial charge in [-0.2, -0.15) is 0 Å². The SMILES string of the molecule is COc1cc2c(Oc3ccc(NC(=O)Oc4ccccc4)cc3)ccnc2cc1OC1CCN(C(C)=O)CC1. The maximum Gasteiger partial charge on any atom is 0.417 e. The van der Waals surface area contributed by atoms with Crippen molar-refractivity contribution in [1.82, 2.24) is 9.88 Å². The van der Waals surface area contributed by atoms with Gasteiger partial charge in [-0.3, -0.25) is 15.1 Å². The predicted octanol–water partition coefficient (Wildman–Crippen LogP) is 6.04. The molecule has 0 radical (unpaired) electrons. The van der Waals surface area contributed by atoms with Gasteiger partial charge in [0.05, 0.1) is 12.6 Å². The van der Waals surface area contributed by atoms with Gasteiger partial charge in [0, 0.05) is 56.2 Å². The molecule has 3 aromatic carbocycles. The Kier molecular flexibility index (Phi) is 7.77. The zero-order valence-corrected chi connectivity index (χ0v) is 21.8. The summed E-state index contributed by atoms with van der Waals surface area (Å²) in [5, 5.41) is 3.46. The number of amides is 2. The molecule has 2 amide bonds. The number of anilines is 1. The van der Waals surface area contributed by atoms with Gasteiger partial charge in [-0.25, -0.2) is 4.79 Å². The Balaban J connectivity index is 1.27. The molecular formula is C30H29N3O6. The van der Waals surface area contributed by atoms with Crippen molar-refractivity contribution in [1.29, 1.82) is 0 Å². The van der Waals surface area contributed by atoms with Crippen LogP contribution in [0, 0.1) is 0 Å². The lowest BCUT2D eigenvalue weighted by molar-refractivity contribution is -0.130. The van der Waals surface area contributed by atoms with E-state index in [0.29, 0.717) is 53.0 Å². The number of benzene rings is 3. The van der Waals surface area contributed by atoms with Crippen LogP contribution in [0.2, 0.25) is 0 Å². The highest BCUT2D eigenvalue weighted by molar-refractivity contribution is 5.88. The predicted molar refractivity (Wildman–Crippen MR) is 147 cm³/mol. The molecule has 1 aromatic heterocycles. The Labute approximate surface area is 226 Å². The first-order valence-electron chi connectivity index (χ1n) is 12.7. The molecule has 4 aromatic rings. The Morgan fingerprint density at radius 1 is 0.897 bits per heavy atom. The molecule has 1 aliphatic heterocycles. The quantitative estimate of drug-likeness (QED) is 0.313. The average Bonchev–Trinajstić information content (AvgIpc) is 2.95. The smallest absolute Gasteiger partial charge is 0.417 e. The lowest BCUT2D eigenvalue weighted by Gasteiger charge is -2.31. The van der Waals surface area contributed by atoms with Gasteiger partial charge in [-0.05, 0) is 48.5 Å². The number of aromatic nitrogens is 1. The molecule has 0 spiro atoms. The number of carbonyl (C=O) groups is 2. The Bertz CT molecular complexity index is 1450. The van der Waals surface area contributed by atoms with E-state index >= 15 is 0 Å². The number of nitrogens with one attached hydrogen (secondary N) is 1. The molecule has 1 fully saturated rings. The molecule has 200 valence electrons. The summed E-state index contributed by atoms with van der Waals surface area (Å²) in [5.74, 6) is 2.91. The number of pyridine rings is 1. The van der Waals surface area contributed by atoms with Crippen LogP contribution in [0.3, 0.4) is 0 Å². The van der Waals surface area contributed by atoms with Gasteiger partial charge in [0.1, 0.15) is 23.4 Å². The Morgan fingerprint density at radius 3 is 2.33 bits per heavy atom. The molecule has 9 heteroatoms. The van der Waals surface area contributed by atoms with Crippen molar-refractivity contribution in [3.63, 3.8) is 0 Å². The van der Waals surface area contributed by atoms with Gasteiger partial charge in [0.25, 0.3) is 0 Å². The van der Waals surface area contributed by atoms with Crippen molar-refractivity contribution in [3.05, 3.63) is 79.0 Å². The minimum atomic E-state index is -0.579. The summed E-state index contributed by atoms with van der Waals surface area (Å²) in [6, 6.07) is 21.3. The van der Waals surface area contributed by atoms with Crippen LogP contribution in [0.1, 0.15) is 19.8 Å². The van der Waals surface area contributed by atoms with Crippen LogP contribution in [0.15, 0.2) is 79.0 Å². The molecule has 2 heterocycles. The monoisotopic (exact) mass is 527 g/mol. The van der Waals surface area contributed by atoms with Crippen molar-refractivity contribution < 1.29 is 28.5 Å². The normalized spacial score (nSPS) is 13.5. The number of methoxy groups -OCH3 is 1. The molecule has 39 heavy (non-hydrogen) atoms. The van der Waals surface area contributed by atoms with Crippen molar-refractivity contribution in [2.45, 2.75) is 25.9 Å². The topological polar surface area (TPSA) is 99.2 Å². The summed E-state index contributed by atoms with van der Waals surface area (Å²) in [7, 11) is 1.60. The Hall–Kier alpha value is -4.79. The third kappa shape index (κ3) is 6.38. The molecule has 1 aliphatic rings. The van der Waals surface area contributed by atoms with E-state index in [1.807, 2.05) is 23.1 Å². The summed E-state index contributed by atoms with van der Waals surface area (Å²) in [6.45, 7) is 2.94. The van der Waals surface area contributed by atoms with E-state index in [9.17, 15) is 9.59 Å². The van der Waals surface area contributed by atoms with Crippen LogP contribution in [-0.4, -0.2) is 48.2 Å². The second-order valence-corrected chi connectivity index (χ2v) is 9.11. The maximum atomic E-state index is 12.2. The number of likely N-dealkylation sites (tertiary alicyclic amines) is 1. The number of carbonyl (C=O) groups excluding carboxylic acids is 2. The number of hydrogen-bond donors (Lipinski definition) is 1. The lowest BCUT2D eigenvalue weighted by Crippen LogP contribution is -2.40. The van der Waals surface area contributed by atoms with E-state index in [1.165, 1.54) is 0 Å². The van der Waals surface area contributed by atoms with Crippen molar-refractivity contribution in [2.24, 2.45) is 0 Å². The molecule has 0 unspecified atom stereocenters. The molecule has 1 saturated heterocycles. The number of rotatable bonds is 7. The number of para-hydroxylation sites is 1. The maximum absolute atomic E-state index is 12.2. The second-order valence-electron chi connectivity index (χ2n) is 9.11. The first kappa shape index (κ1) is 25.8. The molecule has 1 N–H and O–H groups in total. The standard InChI is InChI=1S/C30H29N3O6/c1-20(34)33-16-13-24(14-17-33)38-29-19-26-25(18-28(29)36-2)27(12-15-31-26)37-23-10-8-21(9-11-23)32-30(35)39-22-6-4-3-5-7-22/h3-12,15,18-19,24H,13-14,16-17H2,1-2H3,(H,32,35). The fourth-order valence-electron chi connectivity index (χ4n) is 4.41. The number of ether oxygens (including phenoxy) is 4.